The molecule has 0 unspecified atom stereocenters. The summed E-state index contributed by atoms with van der Waals surface area (Å²) in [6.07, 6.45) is 0. The molecule has 6 heteroatoms. The lowest BCUT2D eigenvalue weighted by Gasteiger charge is -2.26. The summed E-state index contributed by atoms with van der Waals surface area (Å²) in [5.74, 6) is -0.157. The van der Waals surface area contributed by atoms with E-state index in [0.717, 1.165) is 11.3 Å². The van der Waals surface area contributed by atoms with Crippen molar-refractivity contribution in [3.05, 3.63) is 74.0 Å². The molecule has 2 heterocycles. The molecule has 0 saturated carbocycles. The molecule has 5 nitrogen and oxygen atoms in total. The van der Waals surface area contributed by atoms with Crippen LogP contribution in [-0.4, -0.2) is 4.57 Å². The largest absolute Gasteiger partial charge is 0.440 e. The van der Waals surface area contributed by atoms with Gasteiger partial charge in [-0.2, -0.15) is 5.26 Å². The Kier molecular flexibility index (Phi) is 3.63. The normalized spacial score (nSPS) is 16.5. The maximum atomic E-state index is 12.7. The summed E-state index contributed by atoms with van der Waals surface area (Å²) in [6, 6.07) is 10.8. The van der Waals surface area contributed by atoms with Crippen molar-refractivity contribution in [2.24, 2.45) is 12.8 Å². The van der Waals surface area contributed by atoms with E-state index in [2.05, 4.69) is 6.07 Å². The highest BCUT2D eigenvalue weighted by molar-refractivity contribution is 6.30. The number of fused-ring (bicyclic) bond motifs is 1. The van der Waals surface area contributed by atoms with Gasteiger partial charge in [0, 0.05) is 23.8 Å². The predicted octanol–water partition coefficient (Wildman–Crippen LogP) is 2.57. The molecule has 1 aliphatic rings. The monoisotopic (exact) mass is 327 g/mol. The molecule has 116 valence electrons. The zero-order valence-electron chi connectivity index (χ0n) is 12.6. The quantitative estimate of drug-likeness (QED) is 0.872. The molecular weight excluding hydrogens is 314 g/mol. The SMILES string of the molecule is Cc1cc2c(c(=O)n1C)[C@@H](c1ccc(Cl)cc1)C(C#N)=C(N)O2. The number of ether oxygens (including phenoxy) is 1. The van der Waals surface area contributed by atoms with Gasteiger partial charge in [-0.15, -0.1) is 0 Å². The van der Waals surface area contributed by atoms with Crippen molar-refractivity contribution >= 4 is 11.6 Å². The Labute approximate surface area is 138 Å². The van der Waals surface area contributed by atoms with Crippen LogP contribution in [0.5, 0.6) is 5.75 Å². The summed E-state index contributed by atoms with van der Waals surface area (Å²) >= 11 is 5.93. The molecule has 0 fully saturated rings. The third-order valence-corrected chi connectivity index (χ3v) is 4.31. The van der Waals surface area contributed by atoms with E-state index in [1.54, 1.807) is 37.4 Å². The van der Waals surface area contributed by atoms with Crippen molar-refractivity contribution in [2.75, 3.05) is 0 Å². The first-order valence-electron chi connectivity index (χ1n) is 6.97. The summed E-state index contributed by atoms with van der Waals surface area (Å²) in [6.45, 7) is 1.81. The fourth-order valence-electron chi connectivity index (χ4n) is 2.73. The van der Waals surface area contributed by atoms with E-state index in [4.69, 9.17) is 22.1 Å². The van der Waals surface area contributed by atoms with Crippen molar-refractivity contribution in [1.29, 1.82) is 5.26 Å². The number of benzene rings is 1. The molecule has 0 aliphatic carbocycles. The van der Waals surface area contributed by atoms with E-state index in [1.165, 1.54) is 4.57 Å². The summed E-state index contributed by atoms with van der Waals surface area (Å²) in [5.41, 5.74) is 7.83. The number of rotatable bonds is 1. The molecule has 0 spiro atoms. The molecule has 0 bridgehead atoms. The Morgan fingerprint density at radius 2 is 2.00 bits per heavy atom. The minimum Gasteiger partial charge on any atom is -0.440 e. The maximum Gasteiger partial charge on any atom is 0.258 e. The molecule has 3 rings (SSSR count). The van der Waals surface area contributed by atoms with Crippen LogP contribution in [0.2, 0.25) is 5.02 Å². The van der Waals surface area contributed by atoms with Crippen LogP contribution in [0.3, 0.4) is 0 Å². The number of nitriles is 1. The van der Waals surface area contributed by atoms with Crippen molar-refractivity contribution in [2.45, 2.75) is 12.8 Å². The zero-order valence-corrected chi connectivity index (χ0v) is 13.4. The number of hydrogen-bond acceptors (Lipinski definition) is 4. The Hall–Kier alpha value is -2.71. The molecule has 23 heavy (non-hydrogen) atoms. The first kappa shape index (κ1) is 15.2. The van der Waals surface area contributed by atoms with E-state index in [-0.39, 0.29) is 17.0 Å². The number of aryl methyl sites for hydroxylation is 1. The van der Waals surface area contributed by atoms with Gasteiger partial charge in [-0.3, -0.25) is 4.79 Å². The Morgan fingerprint density at radius 1 is 1.35 bits per heavy atom. The highest BCUT2D eigenvalue weighted by Crippen LogP contribution is 2.40. The minimum atomic E-state index is -0.569. The van der Waals surface area contributed by atoms with Gasteiger partial charge in [0.2, 0.25) is 5.88 Å². The zero-order chi connectivity index (χ0) is 16.7. The average Bonchev–Trinajstić information content (AvgIpc) is 2.52. The molecule has 0 saturated heterocycles. The number of halogens is 1. The fourth-order valence-corrected chi connectivity index (χ4v) is 2.85. The van der Waals surface area contributed by atoms with Crippen LogP contribution < -0.4 is 16.0 Å². The fraction of sp³-hybridized carbons (Fsp3) is 0.176. The second-order valence-electron chi connectivity index (χ2n) is 5.40. The molecule has 0 radical (unpaired) electrons. The molecule has 2 aromatic rings. The van der Waals surface area contributed by atoms with Crippen molar-refractivity contribution < 1.29 is 4.74 Å². The first-order valence-corrected chi connectivity index (χ1v) is 7.35. The van der Waals surface area contributed by atoms with Gasteiger partial charge in [0.25, 0.3) is 5.56 Å². The van der Waals surface area contributed by atoms with Gasteiger partial charge in [-0.05, 0) is 24.6 Å². The number of nitrogens with two attached hydrogens (primary N) is 1. The average molecular weight is 328 g/mol. The van der Waals surface area contributed by atoms with Crippen LogP contribution in [-0.2, 0) is 7.05 Å². The number of allylic oxidation sites excluding steroid dienone is 1. The number of aromatic nitrogens is 1. The molecule has 1 aromatic carbocycles. The van der Waals surface area contributed by atoms with Crippen molar-refractivity contribution in [3.63, 3.8) is 0 Å². The lowest BCUT2D eigenvalue weighted by molar-refractivity contribution is 0.389. The molecular formula is C17H14ClN3O2. The van der Waals surface area contributed by atoms with Gasteiger partial charge < -0.3 is 15.0 Å². The van der Waals surface area contributed by atoms with Gasteiger partial charge in [0.1, 0.15) is 17.4 Å². The minimum absolute atomic E-state index is 0.0209. The summed E-state index contributed by atoms with van der Waals surface area (Å²) in [4.78, 5) is 12.7. The molecule has 0 amide bonds. The van der Waals surface area contributed by atoms with Crippen LogP contribution in [0.15, 0.2) is 46.6 Å². The Balaban J connectivity index is 2.33. The lowest BCUT2D eigenvalue weighted by Crippen LogP contribution is -2.31. The van der Waals surface area contributed by atoms with Gasteiger partial charge in [-0.25, -0.2) is 0 Å². The van der Waals surface area contributed by atoms with Crippen LogP contribution in [0.1, 0.15) is 22.7 Å². The maximum absolute atomic E-state index is 12.7. The van der Waals surface area contributed by atoms with Crippen molar-refractivity contribution in [1.82, 2.24) is 4.57 Å². The van der Waals surface area contributed by atoms with Gasteiger partial charge in [-0.1, -0.05) is 23.7 Å². The first-order chi connectivity index (χ1) is 10.9. The topological polar surface area (TPSA) is 81.0 Å². The van der Waals surface area contributed by atoms with Crippen LogP contribution >= 0.6 is 11.6 Å². The smallest absolute Gasteiger partial charge is 0.258 e. The van der Waals surface area contributed by atoms with E-state index < -0.39 is 5.92 Å². The molecule has 1 aliphatic heterocycles. The highest BCUT2D eigenvalue weighted by Gasteiger charge is 2.33. The summed E-state index contributed by atoms with van der Waals surface area (Å²) < 4.78 is 7.05. The van der Waals surface area contributed by atoms with Crippen LogP contribution in [0, 0.1) is 18.3 Å². The van der Waals surface area contributed by atoms with Gasteiger partial charge in [0.15, 0.2) is 0 Å². The van der Waals surface area contributed by atoms with E-state index >= 15 is 0 Å². The highest BCUT2D eigenvalue weighted by atomic mass is 35.5. The summed E-state index contributed by atoms with van der Waals surface area (Å²) in [7, 11) is 1.69. The van der Waals surface area contributed by atoms with E-state index in [0.29, 0.717) is 16.3 Å². The van der Waals surface area contributed by atoms with E-state index in [1.807, 2.05) is 6.92 Å². The van der Waals surface area contributed by atoms with Gasteiger partial charge in [0.05, 0.1) is 11.5 Å². The number of hydrogen-bond donors (Lipinski definition) is 1. The number of nitrogens with zero attached hydrogens (tertiary/aromatic N) is 2. The molecule has 1 atom stereocenters. The number of pyridine rings is 1. The third-order valence-electron chi connectivity index (χ3n) is 4.06. The van der Waals surface area contributed by atoms with Gasteiger partial charge >= 0.3 is 0 Å². The lowest BCUT2D eigenvalue weighted by atomic mass is 9.84. The van der Waals surface area contributed by atoms with Crippen LogP contribution in [0.25, 0.3) is 0 Å². The third kappa shape index (κ3) is 2.37. The Bertz CT molecular complexity index is 921. The molecule has 1 aromatic heterocycles. The standard InChI is InChI=1S/C17H14ClN3O2/c1-9-7-13-15(17(22)21(9)2)14(12(8-19)16(20)23-13)10-3-5-11(18)6-4-10/h3-7,14H,20H2,1-2H3/t14-/m0/s1. The molecule has 2 N–H and O–H groups in total. The van der Waals surface area contributed by atoms with Crippen LogP contribution in [0.4, 0.5) is 0 Å². The predicted molar refractivity (Wildman–Crippen MR) is 87.2 cm³/mol. The summed E-state index contributed by atoms with van der Waals surface area (Å²) in [5, 5.41) is 10.1. The Morgan fingerprint density at radius 3 is 2.61 bits per heavy atom. The second-order valence-corrected chi connectivity index (χ2v) is 5.84. The van der Waals surface area contributed by atoms with Crippen molar-refractivity contribution in [3.8, 4) is 11.8 Å². The van der Waals surface area contributed by atoms with E-state index in [9.17, 15) is 10.1 Å². The second kappa shape index (κ2) is 5.49.